The number of ether oxygens (including phenoxy) is 1. The van der Waals surface area contributed by atoms with Gasteiger partial charge in [0.05, 0.1) is 5.60 Å². The van der Waals surface area contributed by atoms with Crippen LogP contribution in [0.25, 0.3) is 0 Å². The number of rotatable bonds is 5. The van der Waals surface area contributed by atoms with Crippen molar-refractivity contribution in [2.24, 2.45) is 34.5 Å². The van der Waals surface area contributed by atoms with Gasteiger partial charge in [-0.05, 0) is 93.8 Å². The monoisotopic (exact) mass is 470 g/mol. The fourth-order valence-corrected chi connectivity index (χ4v) is 7.89. The van der Waals surface area contributed by atoms with Crippen LogP contribution in [0.15, 0.2) is 35.5 Å². The van der Waals surface area contributed by atoms with Crippen molar-refractivity contribution in [3.8, 4) is 0 Å². The highest BCUT2D eigenvalue weighted by molar-refractivity contribution is 5.66. The van der Waals surface area contributed by atoms with Crippen LogP contribution in [0.4, 0.5) is 0 Å². The summed E-state index contributed by atoms with van der Waals surface area (Å²) in [5, 5.41) is 21.0. The minimum absolute atomic E-state index is 0.0326. The highest BCUT2D eigenvalue weighted by atomic mass is 16.5. The van der Waals surface area contributed by atoms with Crippen LogP contribution in [-0.2, 0) is 9.53 Å². The molecule has 0 radical (unpaired) electrons. The summed E-state index contributed by atoms with van der Waals surface area (Å²) in [6.07, 6.45) is 16.6. The topological polar surface area (TPSA) is 66.8 Å². The summed E-state index contributed by atoms with van der Waals surface area (Å²) in [5.41, 5.74) is 1.17. The first-order chi connectivity index (χ1) is 15.7. The number of fused-ring (bicyclic) bond motifs is 5. The summed E-state index contributed by atoms with van der Waals surface area (Å²) in [7, 11) is 0. The molecule has 4 nitrogen and oxygen atoms in total. The lowest BCUT2D eigenvalue weighted by atomic mass is 9.50. The maximum atomic E-state index is 11.5. The van der Waals surface area contributed by atoms with Crippen molar-refractivity contribution in [3.63, 3.8) is 0 Å². The molecule has 3 fully saturated rings. The van der Waals surface area contributed by atoms with Gasteiger partial charge in [-0.25, -0.2) is 0 Å². The Kier molecular flexibility index (Phi) is 6.52. The van der Waals surface area contributed by atoms with E-state index in [2.05, 4.69) is 39.0 Å². The number of hydrogen-bond acceptors (Lipinski definition) is 4. The van der Waals surface area contributed by atoms with Crippen LogP contribution in [0.1, 0.15) is 93.4 Å². The maximum Gasteiger partial charge on any atom is 0.302 e. The normalized spacial score (nSPS) is 40.4. The SMILES string of the molecule is CC(=O)O[C@H]1CC[C@@]2(C)C(=CC=C3[C@@H]4CC[C@H]([C@H](C)/C=C/[C@@](C)(O)C(C)(C)O)[C@@]4(C)CC[C@@H]32)C1. The van der Waals surface area contributed by atoms with E-state index in [1.165, 1.54) is 38.2 Å². The molecular formula is C30H46O4. The largest absolute Gasteiger partial charge is 0.462 e. The average molecular weight is 471 g/mol. The Morgan fingerprint density at radius 1 is 1.09 bits per heavy atom. The van der Waals surface area contributed by atoms with E-state index in [4.69, 9.17) is 4.74 Å². The number of carbonyl (C=O) groups excluding carboxylic acids is 1. The molecule has 0 saturated heterocycles. The van der Waals surface area contributed by atoms with Crippen LogP contribution in [0.5, 0.6) is 0 Å². The van der Waals surface area contributed by atoms with Gasteiger partial charge in [-0.15, -0.1) is 0 Å². The van der Waals surface area contributed by atoms with E-state index < -0.39 is 11.2 Å². The second kappa shape index (κ2) is 8.62. The van der Waals surface area contributed by atoms with Crippen molar-refractivity contribution in [1.82, 2.24) is 0 Å². The number of hydrogen-bond donors (Lipinski definition) is 2. The lowest BCUT2D eigenvalue weighted by Crippen LogP contribution is -2.47. The van der Waals surface area contributed by atoms with Crippen LogP contribution in [0.3, 0.4) is 0 Å². The minimum Gasteiger partial charge on any atom is -0.462 e. The van der Waals surface area contributed by atoms with Gasteiger partial charge in [0.1, 0.15) is 11.7 Å². The molecule has 34 heavy (non-hydrogen) atoms. The molecule has 0 aromatic carbocycles. The van der Waals surface area contributed by atoms with Crippen LogP contribution in [0.2, 0.25) is 0 Å². The van der Waals surface area contributed by atoms with E-state index in [-0.39, 0.29) is 22.9 Å². The quantitative estimate of drug-likeness (QED) is 0.375. The summed E-state index contributed by atoms with van der Waals surface area (Å²) >= 11 is 0. The Labute approximate surface area is 206 Å². The number of aliphatic hydroxyl groups is 2. The van der Waals surface area contributed by atoms with Gasteiger partial charge >= 0.3 is 5.97 Å². The molecule has 0 amide bonds. The zero-order valence-corrected chi connectivity index (χ0v) is 22.4. The second-order valence-corrected chi connectivity index (χ2v) is 13.0. The van der Waals surface area contributed by atoms with Gasteiger partial charge in [0.2, 0.25) is 0 Å². The molecule has 190 valence electrons. The Bertz CT molecular complexity index is 903. The van der Waals surface area contributed by atoms with Crippen molar-refractivity contribution >= 4 is 5.97 Å². The Morgan fingerprint density at radius 3 is 2.44 bits per heavy atom. The average Bonchev–Trinajstić information content (AvgIpc) is 3.08. The molecule has 4 heteroatoms. The first-order valence-corrected chi connectivity index (χ1v) is 13.4. The molecule has 3 saturated carbocycles. The van der Waals surface area contributed by atoms with E-state index in [0.29, 0.717) is 23.7 Å². The third kappa shape index (κ3) is 4.23. The van der Waals surface area contributed by atoms with Gasteiger partial charge in [0.15, 0.2) is 0 Å². The van der Waals surface area contributed by atoms with Crippen molar-refractivity contribution < 1.29 is 19.7 Å². The van der Waals surface area contributed by atoms with E-state index in [1.54, 1.807) is 26.3 Å². The zero-order chi connectivity index (χ0) is 25.1. The van der Waals surface area contributed by atoms with E-state index in [9.17, 15) is 15.0 Å². The molecule has 4 rings (SSSR count). The molecule has 4 aliphatic carbocycles. The lowest BCUT2D eigenvalue weighted by Gasteiger charge is -2.55. The zero-order valence-electron chi connectivity index (χ0n) is 22.4. The molecule has 0 aromatic rings. The molecule has 0 bridgehead atoms. The Morgan fingerprint density at radius 2 is 1.79 bits per heavy atom. The highest BCUT2D eigenvalue weighted by Gasteiger charge is 2.57. The third-order valence-electron chi connectivity index (χ3n) is 10.5. The van der Waals surface area contributed by atoms with E-state index in [0.717, 1.165) is 19.3 Å². The minimum atomic E-state index is -1.25. The summed E-state index contributed by atoms with van der Waals surface area (Å²) in [5.74, 6) is 1.97. The van der Waals surface area contributed by atoms with Crippen molar-refractivity contribution in [2.75, 3.05) is 0 Å². The van der Waals surface area contributed by atoms with Crippen molar-refractivity contribution in [2.45, 2.75) is 111 Å². The van der Waals surface area contributed by atoms with Gasteiger partial charge in [0, 0.05) is 13.3 Å². The highest BCUT2D eigenvalue weighted by Crippen LogP contribution is 2.66. The third-order valence-corrected chi connectivity index (χ3v) is 10.5. The van der Waals surface area contributed by atoms with E-state index in [1.807, 2.05) is 6.08 Å². The summed E-state index contributed by atoms with van der Waals surface area (Å²) in [6.45, 7) is 13.8. The lowest BCUT2D eigenvalue weighted by molar-refractivity contribution is -0.148. The smallest absolute Gasteiger partial charge is 0.302 e. The fraction of sp³-hybridized carbons (Fsp3) is 0.767. The van der Waals surface area contributed by atoms with Crippen LogP contribution in [0, 0.1) is 34.5 Å². The maximum absolute atomic E-state index is 11.5. The molecule has 0 unspecified atom stereocenters. The molecule has 0 aliphatic heterocycles. The standard InChI is InChI=1S/C30H46O4/c1-19(12-17-30(7,33)27(3,4)32)24-10-11-25-23-9-8-21-18-22(34-20(2)31)13-15-28(21,5)26(23)14-16-29(24,25)6/h8-9,12,17,19,22,24-26,32-33H,10-11,13-16,18H2,1-7H3/b17-12+/t19-,22+,24-,25+,26+,28+,29-,30-/m1/s1. The van der Waals surface area contributed by atoms with Crippen molar-refractivity contribution in [1.29, 1.82) is 0 Å². The number of esters is 1. The van der Waals surface area contributed by atoms with Gasteiger partial charge in [-0.2, -0.15) is 0 Å². The van der Waals surface area contributed by atoms with Gasteiger partial charge < -0.3 is 14.9 Å². The fourth-order valence-electron chi connectivity index (χ4n) is 7.89. The van der Waals surface area contributed by atoms with Gasteiger partial charge in [0.25, 0.3) is 0 Å². The first-order valence-electron chi connectivity index (χ1n) is 13.4. The summed E-state index contributed by atoms with van der Waals surface area (Å²) in [4.78, 5) is 11.5. The predicted octanol–water partition coefficient (Wildman–Crippen LogP) is 6.13. The molecule has 4 aliphatic rings. The molecule has 0 aromatic heterocycles. The molecular weight excluding hydrogens is 424 g/mol. The molecule has 8 atom stereocenters. The molecule has 0 spiro atoms. The Balaban J connectivity index is 1.55. The molecule has 2 N–H and O–H groups in total. The first kappa shape index (κ1) is 25.7. The van der Waals surface area contributed by atoms with E-state index >= 15 is 0 Å². The molecule has 0 heterocycles. The van der Waals surface area contributed by atoms with Gasteiger partial charge in [-0.3, -0.25) is 4.79 Å². The number of carbonyl (C=O) groups is 1. The summed E-state index contributed by atoms with van der Waals surface area (Å²) < 4.78 is 5.57. The summed E-state index contributed by atoms with van der Waals surface area (Å²) in [6, 6.07) is 0. The second-order valence-electron chi connectivity index (χ2n) is 13.0. The van der Waals surface area contributed by atoms with Crippen molar-refractivity contribution in [3.05, 3.63) is 35.5 Å². The Hall–Kier alpha value is -1.39. The number of allylic oxidation sites excluding steroid dienone is 4. The van der Waals surface area contributed by atoms with Crippen LogP contribution in [-0.4, -0.2) is 33.5 Å². The van der Waals surface area contributed by atoms with Crippen LogP contribution >= 0.6 is 0 Å². The van der Waals surface area contributed by atoms with Gasteiger partial charge in [-0.1, -0.05) is 56.2 Å². The predicted molar refractivity (Wildman–Crippen MR) is 136 cm³/mol. The van der Waals surface area contributed by atoms with Crippen LogP contribution < -0.4 is 0 Å².